The predicted octanol–water partition coefficient (Wildman–Crippen LogP) is 1.05. The summed E-state index contributed by atoms with van der Waals surface area (Å²) in [4.78, 5) is 11.4. The Morgan fingerprint density at radius 1 is 1.21 bits per heavy atom. The Labute approximate surface area is 81.4 Å². The standard InChI is InChI=1S/C10H12O4/c11-6-2-5-9(14)10-7(12)3-1-4-8(10)13/h1,3-4,11-13H,2,5-6H2. The fourth-order valence-electron chi connectivity index (χ4n) is 1.18. The molecule has 0 aliphatic heterocycles. The van der Waals surface area contributed by atoms with Crippen molar-refractivity contribution in [1.29, 1.82) is 0 Å². The minimum absolute atomic E-state index is 0.0686. The first-order valence-corrected chi connectivity index (χ1v) is 4.32. The SMILES string of the molecule is O=C(CCCO)c1c(O)cccc1O. The van der Waals surface area contributed by atoms with Gasteiger partial charge < -0.3 is 15.3 Å². The Hall–Kier alpha value is -1.55. The Balaban J connectivity index is 2.89. The van der Waals surface area contributed by atoms with E-state index in [0.717, 1.165) is 0 Å². The highest BCUT2D eigenvalue weighted by Crippen LogP contribution is 2.27. The van der Waals surface area contributed by atoms with Crippen LogP contribution in [0.3, 0.4) is 0 Å². The average Bonchev–Trinajstić information content (AvgIpc) is 2.14. The number of hydrogen-bond donors (Lipinski definition) is 3. The van der Waals surface area contributed by atoms with Crippen molar-refractivity contribution in [2.45, 2.75) is 12.8 Å². The summed E-state index contributed by atoms with van der Waals surface area (Å²) in [5.74, 6) is -0.824. The number of Topliss-reactive ketones (excluding diaryl/α,β-unsaturated/α-hetero) is 1. The van der Waals surface area contributed by atoms with Crippen LogP contribution in [0.2, 0.25) is 0 Å². The summed E-state index contributed by atoms with van der Waals surface area (Å²) in [6, 6.07) is 4.13. The van der Waals surface area contributed by atoms with Gasteiger partial charge in [-0.15, -0.1) is 0 Å². The largest absolute Gasteiger partial charge is 0.507 e. The second-order valence-electron chi connectivity index (χ2n) is 2.92. The van der Waals surface area contributed by atoms with Crippen LogP contribution in [-0.2, 0) is 0 Å². The number of carbonyl (C=O) groups excluding carboxylic acids is 1. The number of hydrogen-bond acceptors (Lipinski definition) is 4. The van der Waals surface area contributed by atoms with Gasteiger partial charge >= 0.3 is 0 Å². The molecule has 0 aliphatic rings. The zero-order valence-electron chi connectivity index (χ0n) is 7.60. The maximum atomic E-state index is 11.4. The molecule has 0 fully saturated rings. The zero-order chi connectivity index (χ0) is 10.6. The van der Waals surface area contributed by atoms with Gasteiger partial charge in [-0.25, -0.2) is 0 Å². The van der Waals surface area contributed by atoms with Crippen molar-refractivity contribution < 1.29 is 20.1 Å². The van der Waals surface area contributed by atoms with E-state index in [4.69, 9.17) is 5.11 Å². The molecule has 0 saturated heterocycles. The maximum absolute atomic E-state index is 11.4. The lowest BCUT2D eigenvalue weighted by atomic mass is 10.0. The van der Waals surface area contributed by atoms with Crippen LogP contribution in [-0.4, -0.2) is 27.7 Å². The van der Waals surface area contributed by atoms with E-state index < -0.39 is 0 Å². The van der Waals surface area contributed by atoms with Gasteiger partial charge in [0.05, 0.1) is 0 Å². The summed E-state index contributed by atoms with van der Waals surface area (Å²) in [6.45, 7) is -0.0832. The monoisotopic (exact) mass is 196 g/mol. The van der Waals surface area contributed by atoms with E-state index >= 15 is 0 Å². The van der Waals surface area contributed by atoms with E-state index in [1.165, 1.54) is 18.2 Å². The number of aliphatic hydroxyl groups is 1. The summed E-state index contributed by atoms with van der Waals surface area (Å²) in [5.41, 5.74) is -0.0686. The van der Waals surface area contributed by atoms with Gasteiger partial charge in [-0.3, -0.25) is 4.79 Å². The van der Waals surface area contributed by atoms with E-state index in [-0.39, 0.29) is 35.9 Å². The van der Waals surface area contributed by atoms with Crippen molar-refractivity contribution in [3.63, 3.8) is 0 Å². The van der Waals surface area contributed by atoms with Gasteiger partial charge in [0.1, 0.15) is 17.1 Å². The van der Waals surface area contributed by atoms with E-state index in [2.05, 4.69) is 0 Å². The van der Waals surface area contributed by atoms with Crippen LogP contribution in [0, 0.1) is 0 Å². The molecule has 0 atom stereocenters. The highest BCUT2D eigenvalue weighted by molar-refractivity contribution is 6.01. The first-order valence-electron chi connectivity index (χ1n) is 4.32. The van der Waals surface area contributed by atoms with Gasteiger partial charge in [0.15, 0.2) is 5.78 Å². The minimum atomic E-state index is -0.366. The molecular weight excluding hydrogens is 184 g/mol. The number of aromatic hydroxyl groups is 2. The van der Waals surface area contributed by atoms with Crippen molar-refractivity contribution in [2.24, 2.45) is 0 Å². The van der Waals surface area contributed by atoms with Gasteiger partial charge in [-0.1, -0.05) is 6.07 Å². The molecule has 0 radical (unpaired) electrons. The maximum Gasteiger partial charge on any atom is 0.170 e. The van der Waals surface area contributed by atoms with E-state index in [0.29, 0.717) is 6.42 Å². The zero-order valence-corrected chi connectivity index (χ0v) is 7.60. The average molecular weight is 196 g/mol. The van der Waals surface area contributed by atoms with Crippen LogP contribution in [0.15, 0.2) is 18.2 Å². The molecule has 1 aromatic rings. The number of ketones is 1. The third-order valence-electron chi connectivity index (χ3n) is 1.86. The molecule has 0 saturated carbocycles. The Morgan fingerprint density at radius 2 is 1.79 bits per heavy atom. The molecule has 1 aromatic carbocycles. The van der Waals surface area contributed by atoms with E-state index in [1.807, 2.05) is 0 Å². The smallest absolute Gasteiger partial charge is 0.170 e. The van der Waals surface area contributed by atoms with Crippen LogP contribution in [0.1, 0.15) is 23.2 Å². The lowest BCUT2D eigenvalue weighted by Crippen LogP contribution is -2.01. The molecule has 0 aromatic heterocycles. The third-order valence-corrected chi connectivity index (χ3v) is 1.86. The van der Waals surface area contributed by atoms with Gasteiger partial charge in [0.25, 0.3) is 0 Å². The molecule has 76 valence electrons. The van der Waals surface area contributed by atoms with Crippen LogP contribution < -0.4 is 0 Å². The van der Waals surface area contributed by atoms with Crippen molar-refractivity contribution >= 4 is 5.78 Å². The summed E-state index contributed by atoms with van der Waals surface area (Å²) in [7, 11) is 0. The molecular formula is C10H12O4. The van der Waals surface area contributed by atoms with Crippen molar-refractivity contribution in [2.75, 3.05) is 6.61 Å². The molecule has 0 unspecified atom stereocenters. The highest BCUT2D eigenvalue weighted by atomic mass is 16.3. The van der Waals surface area contributed by atoms with Crippen molar-refractivity contribution in [3.8, 4) is 11.5 Å². The van der Waals surface area contributed by atoms with Crippen LogP contribution in [0.4, 0.5) is 0 Å². The topological polar surface area (TPSA) is 77.8 Å². The fraction of sp³-hybridized carbons (Fsp3) is 0.300. The predicted molar refractivity (Wildman–Crippen MR) is 50.4 cm³/mol. The lowest BCUT2D eigenvalue weighted by molar-refractivity contribution is 0.0966. The number of benzene rings is 1. The first-order chi connectivity index (χ1) is 6.66. The molecule has 4 nitrogen and oxygen atoms in total. The minimum Gasteiger partial charge on any atom is -0.507 e. The molecule has 4 heteroatoms. The molecule has 3 N–H and O–H groups in total. The Bertz CT molecular complexity index is 313. The first kappa shape index (κ1) is 10.5. The highest BCUT2D eigenvalue weighted by Gasteiger charge is 2.14. The number of phenolic OH excluding ortho intramolecular Hbond substituents is 2. The molecule has 0 bridgehead atoms. The second-order valence-corrected chi connectivity index (χ2v) is 2.92. The summed E-state index contributed by atoms with van der Waals surface area (Å²) in [6.07, 6.45) is 0.439. The normalized spacial score (nSPS) is 10.1. The van der Waals surface area contributed by atoms with Gasteiger partial charge in [0, 0.05) is 13.0 Å². The second kappa shape index (κ2) is 4.62. The molecule has 0 spiro atoms. The number of aliphatic hydroxyl groups excluding tert-OH is 1. The van der Waals surface area contributed by atoms with Gasteiger partial charge in [-0.2, -0.15) is 0 Å². The van der Waals surface area contributed by atoms with E-state index in [9.17, 15) is 15.0 Å². The Kier molecular flexibility index (Phi) is 3.48. The summed E-state index contributed by atoms with van der Waals surface area (Å²) in [5, 5.41) is 27.2. The lowest BCUT2D eigenvalue weighted by Gasteiger charge is -2.04. The van der Waals surface area contributed by atoms with Gasteiger partial charge in [0.2, 0.25) is 0 Å². The van der Waals surface area contributed by atoms with Crippen molar-refractivity contribution in [3.05, 3.63) is 23.8 Å². The summed E-state index contributed by atoms with van der Waals surface area (Å²) >= 11 is 0. The fourth-order valence-corrected chi connectivity index (χ4v) is 1.18. The third kappa shape index (κ3) is 2.23. The van der Waals surface area contributed by atoms with E-state index in [1.54, 1.807) is 0 Å². The van der Waals surface area contributed by atoms with Crippen LogP contribution in [0.25, 0.3) is 0 Å². The van der Waals surface area contributed by atoms with Crippen LogP contribution in [0.5, 0.6) is 11.5 Å². The number of phenols is 2. The molecule has 0 amide bonds. The molecule has 0 aliphatic carbocycles. The Morgan fingerprint density at radius 3 is 2.29 bits per heavy atom. The number of rotatable bonds is 4. The van der Waals surface area contributed by atoms with Gasteiger partial charge in [-0.05, 0) is 18.6 Å². The van der Waals surface area contributed by atoms with Crippen molar-refractivity contribution in [1.82, 2.24) is 0 Å². The molecule has 14 heavy (non-hydrogen) atoms. The van der Waals surface area contributed by atoms with Crippen LogP contribution >= 0.6 is 0 Å². The number of carbonyl (C=O) groups is 1. The molecule has 0 heterocycles. The summed E-state index contributed by atoms with van der Waals surface area (Å²) < 4.78 is 0. The quantitative estimate of drug-likeness (QED) is 0.629. The molecule has 1 rings (SSSR count).